The fourth-order valence-corrected chi connectivity index (χ4v) is 2.50. The van der Waals surface area contributed by atoms with Crippen LogP contribution in [0, 0.1) is 0 Å². The Bertz CT molecular complexity index is 593. The summed E-state index contributed by atoms with van der Waals surface area (Å²) in [6.07, 6.45) is 0. The van der Waals surface area contributed by atoms with Crippen molar-refractivity contribution >= 4 is 18.3 Å². The van der Waals surface area contributed by atoms with Crippen molar-refractivity contribution in [3.63, 3.8) is 0 Å². The zero-order valence-corrected chi connectivity index (χ0v) is 15.2. The molecule has 0 heterocycles. The van der Waals surface area contributed by atoms with Crippen LogP contribution in [0.15, 0.2) is 60.7 Å². The molecular weight excluding hydrogens is 324 g/mol. The number of nitrogens with zero attached hydrogens (tertiary/aromatic N) is 2. The van der Waals surface area contributed by atoms with Crippen LogP contribution in [0.25, 0.3) is 0 Å². The summed E-state index contributed by atoms with van der Waals surface area (Å²) in [5.41, 5.74) is -0.523. The third-order valence-electron chi connectivity index (χ3n) is 3.92. The minimum atomic E-state index is -1.68. The lowest BCUT2D eigenvalue weighted by Gasteiger charge is -2.32. The Hall–Kier alpha value is -1.88. The number of carbonyl (C=O) groups excluding carboxylic acids is 1. The molecule has 0 bridgehead atoms. The average molecular weight is 349 g/mol. The molecule has 4 nitrogen and oxygen atoms in total. The van der Waals surface area contributed by atoms with Gasteiger partial charge in [0.25, 0.3) is 5.91 Å². The molecule has 0 aliphatic rings. The zero-order valence-electron chi connectivity index (χ0n) is 14.3. The van der Waals surface area contributed by atoms with Crippen molar-refractivity contribution in [2.24, 2.45) is 0 Å². The molecular formula is C19H25ClN2O2. The summed E-state index contributed by atoms with van der Waals surface area (Å²) in [4.78, 5) is 16.6. The van der Waals surface area contributed by atoms with E-state index in [1.54, 1.807) is 36.2 Å². The maximum Gasteiger partial charge on any atom is 0.263 e. The van der Waals surface area contributed by atoms with E-state index in [1.165, 1.54) is 0 Å². The summed E-state index contributed by atoms with van der Waals surface area (Å²) < 4.78 is 0. The molecule has 0 spiro atoms. The minimum absolute atomic E-state index is 0. The Kier molecular flexibility index (Phi) is 7.42. The second kappa shape index (κ2) is 8.83. The summed E-state index contributed by atoms with van der Waals surface area (Å²) in [6, 6.07) is 18.2. The van der Waals surface area contributed by atoms with Crippen molar-refractivity contribution in [3.8, 4) is 0 Å². The van der Waals surface area contributed by atoms with E-state index in [2.05, 4.69) is 0 Å². The van der Waals surface area contributed by atoms with Gasteiger partial charge in [-0.2, -0.15) is 0 Å². The first-order valence-corrected chi connectivity index (χ1v) is 7.70. The summed E-state index contributed by atoms with van der Waals surface area (Å²) in [5, 5.41) is 11.4. The Morgan fingerprint density at radius 3 is 1.67 bits per heavy atom. The number of amides is 1. The van der Waals surface area contributed by atoms with Crippen LogP contribution >= 0.6 is 12.4 Å². The zero-order chi connectivity index (χ0) is 16.9. The number of rotatable bonds is 6. The van der Waals surface area contributed by atoms with E-state index < -0.39 is 5.60 Å². The third-order valence-corrected chi connectivity index (χ3v) is 3.92. The number of benzene rings is 2. The fraction of sp³-hybridized carbons (Fsp3) is 0.316. The number of hydrogen-bond donors (Lipinski definition) is 1. The molecule has 5 heteroatoms. The molecule has 0 aromatic heterocycles. The predicted molar refractivity (Wildman–Crippen MR) is 99.3 cm³/mol. The van der Waals surface area contributed by atoms with Gasteiger partial charge in [-0.1, -0.05) is 60.7 Å². The number of carbonyl (C=O) groups is 1. The van der Waals surface area contributed by atoms with E-state index in [0.29, 0.717) is 17.7 Å². The average Bonchev–Trinajstić information content (AvgIpc) is 2.59. The van der Waals surface area contributed by atoms with Crippen LogP contribution in [0.5, 0.6) is 0 Å². The van der Waals surface area contributed by atoms with Gasteiger partial charge in [-0.15, -0.1) is 12.4 Å². The molecule has 0 aliphatic heterocycles. The third kappa shape index (κ3) is 4.35. The number of aliphatic hydroxyl groups is 1. The van der Waals surface area contributed by atoms with Gasteiger partial charge >= 0.3 is 0 Å². The van der Waals surface area contributed by atoms with Gasteiger partial charge in [0.2, 0.25) is 0 Å². The van der Waals surface area contributed by atoms with Gasteiger partial charge in [0, 0.05) is 20.1 Å². The van der Waals surface area contributed by atoms with Crippen molar-refractivity contribution in [3.05, 3.63) is 71.8 Å². The van der Waals surface area contributed by atoms with Gasteiger partial charge in [0.1, 0.15) is 0 Å². The SMILES string of the molecule is CN(C)CCN(C)C(=O)C(O)(c1ccccc1)c1ccccc1.Cl. The molecule has 1 amide bonds. The molecule has 2 aromatic rings. The molecule has 0 saturated heterocycles. The van der Waals surface area contributed by atoms with E-state index in [-0.39, 0.29) is 18.3 Å². The standard InChI is InChI=1S/C19H24N2O2.ClH/c1-20(2)14-15-21(3)18(22)19(23,16-10-6-4-7-11-16)17-12-8-5-9-13-17;/h4-13,23H,14-15H2,1-3H3;1H. The van der Waals surface area contributed by atoms with Gasteiger partial charge in [-0.3, -0.25) is 4.79 Å². The first kappa shape index (κ1) is 20.2. The summed E-state index contributed by atoms with van der Waals surface area (Å²) >= 11 is 0. The van der Waals surface area contributed by atoms with Crippen LogP contribution in [-0.2, 0) is 10.4 Å². The molecule has 0 unspecified atom stereocenters. The number of likely N-dealkylation sites (N-methyl/N-ethyl adjacent to an activating group) is 2. The minimum Gasteiger partial charge on any atom is -0.372 e. The molecule has 0 aliphatic carbocycles. The highest BCUT2D eigenvalue weighted by Crippen LogP contribution is 2.31. The van der Waals surface area contributed by atoms with Crippen LogP contribution < -0.4 is 0 Å². The fourth-order valence-electron chi connectivity index (χ4n) is 2.50. The summed E-state index contributed by atoms with van der Waals surface area (Å²) in [7, 11) is 5.64. The van der Waals surface area contributed by atoms with Crippen molar-refractivity contribution in [2.75, 3.05) is 34.2 Å². The molecule has 2 rings (SSSR count). The molecule has 0 radical (unpaired) electrons. The van der Waals surface area contributed by atoms with E-state index in [1.807, 2.05) is 55.4 Å². The first-order chi connectivity index (χ1) is 11.0. The predicted octanol–water partition coefficient (Wildman–Crippen LogP) is 2.36. The van der Waals surface area contributed by atoms with Gasteiger partial charge in [-0.25, -0.2) is 0 Å². The Labute approximate surface area is 150 Å². The van der Waals surface area contributed by atoms with Crippen LogP contribution in [-0.4, -0.2) is 55.0 Å². The van der Waals surface area contributed by atoms with Crippen molar-refractivity contribution < 1.29 is 9.90 Å². The van der Waals surface area contributed by atoms with Crippen molar-refractivity contribution in [1.82, 2.24) is 9.80 Å². The first-order valence-electron chi connectivity index (χ1n) is 7.70. The smallest absolute Gasteiger partial charge is 0.263 e. The van der Waals surface area contributed by atoms with E-state index in [4.69, 9.17) is 0 Å². The maximum absolute atomic E-state index is 13.0. The van der Waals surface area contributed by atoms with E-state index in [0.717, 1.165) is 6.54 Å². The molecule has 0 fully saturated rings. The lowest BCUT2D eigenvalue weighted by Crippen LogP contribution is -2.47. The molecule has 24 heavy (non-hydrogen) atoms. The topological polar surface area (TPSA) is 43.8 Å². The van der Waals surface area contributed by atoms with Crippen molar-refractivity contribution in [2.45, 2.75) is 5.60 Å². The van der Waals surface area contributed by atoms with Crippen LogP contribution in [0.3, 0.4) is 0 Å². The molecule has 0 saturated carbocycles. The summed E-state index contributed by atoms with van der Waals surface area (Å²) in [6.45, 7) is 1.29. The second-order valence-corrected chi connectivity index (χ2v) is 5.97. The van der Waals surface area contributed by atoms with Gasteiger partial charge in [0.05, 0.1) is 0 Å². The van der Waals surface area contributed by atoms with Gasteiger partial charge in [0.15, 0.2) is 5.60 Å². The number of halogens is 1. The highest BCUT2D eigenvalue weighted by Gasteiger charge is 2.41. The van der Waals surface area contributed by atoms with Crippen LogP contribution in [0.2, 0.25) is 0 Å². The van der Waals surface area contributed by atoms with Crippen LogP contribution in [0.1, 0.15) is 11.1 Å². The molecule has 2 aromatic carbocycles. The second-order valence-electron chi connectivity index (χ2n) is 5.97. The molecule has 1 N–H and O–H groups in total. The highest BCUT2D eigenvalue weighted by atomic mass is 35.5. The lowest BCUT2D eigenvalue weighted by molar-refractivity contribution is -0.146. The lowest BCUT2D eigenvalue weighted by atomic mass is 9.85. The Morgan fingerprint density at radius 1 is 0.875 bits per heavy atom. The van der Waals surface area contributed by atoms with Gasteiger partial charge < -0.3 is 14.9 Å². The van der Waals surface area contributed by atoms with Crippen LogP contribution in [0.4, 0.5) is 0 Å². The monoisotopic (exact) mass is 348 g/mol. The van der Waals surface area contributed by atoms with E-state index >= 15 is 0 Å². The molecule has 0 atom stereocenters. The Morgan fingerprint density at radius 2 is 1.29 bits per heavy atom. The van der Waals surface area contributed by atoms with Crippen molar-refractivity contribution in [1.29, 1.82) is 0 Å². The Balaban J connectivity index is 0.00000288. The summed E-state index contributed by atoms with van der Waals surface area (Å²) in [5.74, 6) is -0.322. The maximum atomic E-state index is 13.0. The normalized spacial score (nSPS) is 11.0. The van der Waals surface area contributed by atoms with E-state index in [9.17, 15) is 9.90 Å². The number of hydrogen-bond acceptors (Lipinski definition) is 3. The highest BCUT2D eigenvalue weighted by molar-refractivity contribution is 5.90. The largest absolute Gasteiger partial charge is 0.372 e. The quantitative estimate of drug-likeness (QED) is 0.871. The molecule has 130 valence electrons. The van der Waals surface area contributed by atoms with Gasteiger partial charge in [-0.05, 0) is 25.2 Å².